The molecule has 0 saturated heterocycles. The molecule has 10 heteroatoms. The maximum absolute atomic E-state index is 12.1. The molecule has 0 saturated carbocycles. The number of hydrogen-bond donors (Lipinski definition) is 1. The minimum Gasteiger partial charge on any atom is -0.490 e. The van der Waals surface area contributed by atoms with E-state index in [1.54, 1.807) is 12.3 Å². The molecule has 0 spiro atoms. The summed E-state index contributed by atoms with van der Waals surface area (Å²) in [6, 6.07) is 13.0. The Morgan fingerprint density at radius 2 is 1.85 bits per heavy atom. The van der Waals surface area contributed by atoms with E-state index in [-0.39, 0.29) is 11.7 Å². The number of thioether (sulfide) groups is 1. The molecule has 178 valence electrons. The first-order valence-corrected chi connectivity index (χ1v) is 12.6. The highest BCUT2D eigenvalue weighted by molar-refractivity contribution is 9.10. The molecule has 7 nitrogen and oxygen atoms in total. The van der Waals surface area contributed by atoms with Gasteiger partial charge >= 0.3 is 0 Å². The van der Waals surface area contributed by atoms with E-state index < -0.39 is 0 Å². The Morgan fingerprint density at radius 3 is 2.53 bits per heavy atom. The number of aromatic nitrogens is 2. The van der Waals surface area contributed by atoms with Gasteiger partial charge in [-0.25, -0.2) is 15.4 Å². The summed E-state index contributed by atoms with van der Waals surface area (Å²) in [6.45, 7) is 6.52. The number of amides is 1. The zero-order valence-corrected chi connectivity index (χ0v) is 22.1. The Balaban J connectivity index is 1.61. The number of benzene rings is 2. The third-order valence-corrected chi connectivity index (χ3v) is 6.01. The molecule has 3 aromatic rings. The smallest absolute Gasteiger partial charge is 0.250 e. The van der Waals surface area contributed by atoms with Crippen LogP contribution in [0, 0.1) is 13.8 Å². The molecule has 0 bridgehead atoms. The molecule has 0 atom stereocenters. The molecule has 0 radical (unpaired) electrons. The van der Waals surface area contributed by atoms with Crippen LogP contribution < -0.4 is 14.9 Å². The maximum atomic E-state index is 12.1. The largest absolute Gasteiger partial charge is 0.490 e. The number of rotatable bonds is 10. The number of halogens is 2. The molecule has 0 aliphatic heterocycles. The quantitative estimate of drug-likeness (QED) is 0.147. The summed E-state index contributed by atoms with van der Waals surface area (Å²) in [5.41, 5.74) is 5.97. The lowest BCUT2D eigenvalue weighted by molar-refractivity contribution is -0.118. The highest BCUT2D eigenvalue weighted by Crippen LogP contribution is 2.37. The molecule has 0 fully saturated rings. The Hall–Kier alpha value is -2.62. The van der Waals surface area contributed by atoms with Crippen LogP contribution in [0.25, 0.3) is 0 Å². The van der Waals surface area contributed by atoms with Crippen LogP contribution in [0.5, 0.6) is 11.5 Å². The van der Waals surface area contributed by atoms with E-state index in [9.17, 15) is 4.79 Å². The van der Waals surface area contributed by atoms with Crippen molar-refractivity contribution in [3.05, 3.63) is 74.5 Å². The van der Waals surface area contributed by atoms with Gasteiger partial charge in [-0.15, -0.1) is 0 Å². The van der Waals surface area contributed by atoms with E-state index in [0.717, 1.165) is 22.5 Å². The van der Waals surface area contributed by atoms with Gasteiger partial charge in [0.1, 0.15) is 6.61 Å². The second-order valence-corrected chi connectivity index (χ2v) is 9.43. The SMILES string of the molecule is CCOc1cc(/C=N\NC(=O)CSc2nc(C)cc(C)n2)cc(Br)c1OCc1ccc(Cl)cc1. The second kappa shape index (κ2) is 12.7. The molecular weight excluding hydrogens is 540 g/mol. The van der Waals surface area contributed by atoms with Gasteiger partial charge < -0.3 is 9.47 Å². The van der Waals surface area contributed by atoms with E-state index in [4.69, 9.17) is 21.1 Å². The van der Waals surface area contributed by atoms with Crippen LogP contribution in [0.1, 0.15) is 29.4 Å². The van der Waals surface area contributed by atoms with Gasteiger partial charge in [0.05, 0.1) is 23.0 Å². The Labute approximate surface area is 216 Å². The lowest BCUT2D eigenvalue weighted by atomic mass is 10.2. The zero-order chi connectivity index (χ0) is 24.5. The summed E-state index contributed by atoms with van der Waals surface area (Å²) >= 11 is 10.7. The molecule has 1 N–H and O–H groups in total. The molecule has 0 unspecified atom stereocenters. The number of hydrogen-bond acceptors (Lipinski definition) is 7. The minimum absolute atomic E-state index is 0.158. The van der Waals surface area contributed by atoms with Gasteiger partial charge in [0.15, 0.2) is 16.7 Å². The van der Waals surface area contributed by atoms with E-state index in [0.29, 0.717) is 39.4 Å². The van der Waals surface area contributed by atoms with Crippen molar-refractivity contribution in [2.24, 2.45) is 5.10 Å². The third kappa shape index (κ3) is 8.00. The molecule has 0 aliphatic rings. The van der Waals surface area contributed by atoms with Crippen LogP contribution in [0.2, 0.25) is 5.02 Å². The van der Waals surface area contributed by atoms with Crippen molar-refractivity contribution in [1.82, 2.24) is 15.4 Å². The molecule has 0 aliphatic carbocycles. The van der Waals surface area contributed by atoms with Crippen molar-refractivity contribution < 1.29 is 14.3 Å². The van der Waals surface area contributed by atoms with Gasteiger partial charge in [0.25, 0.3) is 5.91 Å². The van der Waals surface area contributed by atoms with Gasteiger partial charge in [-0.3, -0.25) is 4.79 Å². The van der Waals surface area contributed by atoms with Gasteiger partial charge in [0, 0.05) is 16.4 Å². The number of nitrogens with one attached hydrogen (secondary N) is 1. The van der Waals surface area contributed by atoms with Crippen molar-refractivity contribution >= 4 is 51.4 Å². The number of hydrazone groups is 1. The molecule has 1 heterocycles. The summed E-state index contributed by atoms with van der Waals surface area (Å²) in [6.07, 6.45) is 1.55. The Kier molecular flexibility index (Phi) is 9.74. The van der Waals surface area contributed by atoms with Crippen molar-refractivity contribution in [2.75, 3.05) is 12.4 Å². The van der Waals surface area contributed by atoms with E-state index in [2.05, 4.69) is 36.4 Å². The zero-order valence-electron chi connectivity index (χ0n) is 19.0. The normalized spacial score (nSPS) is 11.0. The maximum Gasteiger partial charge on any atom is 0.250 e. The van der Waals surface area contributed by atoms with E-state index in [1.165, 1.54) is 11.8 Å². The van der Waals surface area contributed by atoms with Crippen molar-refractivity contribution in [3.63, 3.8) is 0 Å². The molecule has 1 amide bonds. The summed E-state index contributed by atoms with van der Waals surface area (Å²) in [4.78, 5) is 20.8. The van der Waals surface area contributed by atoms with Gasteiger partial charge in [-0.05, 0) is 78.2 Å². The molecular formula is C24H24BrClN4O3S. The highest BCUT2D eigenvalue weighted by atomic mass is 79.9. The van der Waals surface area contributed by atoms with Crippen LogP contribution in [0.4, 0.5) is 0 Å². The van der Waals surface area contributed by atoms with Gasteiger partial charge in [-0.1, -0.05) is 35.5 Å². The standard InChI is InChI=1S/C24H24BrClN4O3S/c1-4-32-21-11-18(10-20(25)23(21)33-13-17-5-7-19(26)8-6-17)12-27-30-22(31)14-34-24-28-15(2)9-16(3)29-24/h5-12H,4,13-14H2,1-3H3,(H,30,31)/b27-12-. The third-order valence-electron chi connectivity index (χ3n) is 4.33. The molecule has 34 heavy (non-hydrogen) atoms. The van der Waals surface area contributed by atoms with Crippen LogP contribution >= 0.6 is 39.3 Å². The van der Waals surface area contributed by atoms with Crippen molar-refractivity contribution in [1.29, 1.82) is 0 Å². The topological polar surface area (TPSA) is 85.7 Å². The minimum atomic E-state index is -0.254. The average Bonchev–Trinajstić information content (AvgIpc) is 2.78. The Bertz CT molecular complexity index is 1160. The molecule has 1 aromatic heterocycles. The summed E-state index contributed by atoms with van der Waals surface area (Å²) in [7, 11) is 0. The number of aryl methyl sites for hydroxylation is 2. The monoisotopic (exact) mass is 562 g/mol. The first kappa shape index (κ1) is 26.0. The lowest BCUT2D eigenvalue weighted by Gasteiger charge is -2.14. The summed E-state index contributed by atoms with van der Waals surface area (Å²) in [5, 5.41) is 5.29. The highest BCUT2D eigenvalue weighted by Gasteiger charge is 2.12. The molecule has 2 aromatic carbocycles. The molecule has 3 rings (SSSR count). The van der Waals surface area contributed by atoms with Gasteiger partial charge in [0.2, 0.25) is 0 Å². The van der Waals surface area contributed by atoms with Crippen molar-refractivity contribution in [2.45, 2.75) is 32.5 Å². The first-order valence-electron chi connectivity index (χ1n) is 10.4. The number of ether oxygens (including phenoxy) is 2. The number of carbonyl (C=O) groups is 1. The second-order valence-electron chi connectivity index (χ2n) is 7.19. The lowest BCUT2D eigenvalue weighted by Crippen LogP contribution is -2.19. The Morgan fingerprint density at radius 1 is 1.15 bits per heavy atom. The first-order chi connectivity index (χ1) is 16.3. The van der Waals surface area contributed by atoms with E-state index >= 15 is 0 Å². The fourth-order valence-electron chi connectivity index (χ4n) is 2.90. The van der Waals surface area contributed by atoms with Crippen LogP contribution in [-0.4, -0.2) is 34.4 Å². The van der Waals surface area contributed by atoms with Crippen LogP contribution in [0.15, 0.2) is 57.2 Å². The predicted octanol–water partition coefficient (Wildman–Crippen LogP) is 5.73. The van der Waals surface area contributed by atoms with Crippen molar-refractivity contribution in [3.8, 4) is 11.5 Å². The van der Waals surface area contributed by atoms with Crippen LogP contribution in [0.3, 0.4) is 0 Å². The van der Waals surface area contributed by atoms with Gasteiger partial charge in [-0.2, -0.15) is 5.10 Å². The fraction of sp³-hybridized carbons (Fsp3) is 0.250. The summed E-state index contributed by atoms with van der Waals surface area (Å²) < 4.78 is 12.5. The van der Waals surface area contributed by atoms with E-state index in [1.807, 2.05) is 57.2 Å². The predicted molar refractivity (Wildman–Crippen MR) is 139 cm³/mol. The number of nitrogens with zero attached hydrogens (tertiary/aromatic N) is 3. The average molecular weight is 564 g/mol. The van der Waals surface area contributed by atoms with Crippen LogP contribution in [-0.2, 0) is 11.4 Å². The number of carbonyl (C=O) groups excluding carboxylic acids is 1. The summed E-state index contributed by atoms with van der Waals surface area (Å²) in [5.74, 6) is 1.06. The fourth-order valence-corrected chi connectivity index (χ4v) is 4.34.